The summed E-state index contributed by atoms with van der Waals surface area (Å²) in [6, 6.07) is 28.6. The highest BCUT2D eigenvalue weighted by Gasteiger charge is 2.32. The zero-order valence-corrected chi connectivity index (χ0v) is 19.8. The molecule has 0 N–H and O–H groups in total. The van der Waals surface area contributed by atoms with Gasteiger partial charge in [0.05, 0.1) is 5.56 Å². The predicted octanol–water partition coefficient (Wildman–Crippen LogP) is 5.45. The lowest BCUT2D eigenvalue weighted by Gasteiger charge is -2.19. The molecule has 0 bridgehead atoms. The van der Waals surface area contributed by atoms with Crippen LogP contribution >= 0.6 is 0 Å². The third kappa shape index (κ3) is 5.79. The maximum absolute atomic E-state index is 13.2. The molecule has 0 spiro atoms. The largest absolute Gasteiger partial charge is 0.618 e. The van der Waals surface area contributed by atoms with E-state index >= 15 is 0 Å². The first kappa shape index (κ1) is 23.8. The van der Waals surface area contributed by atoms with Crippen LogP contribution in [0.1, 0.15) is 38.4 Å². The number of nitrogens with zero attached hydrogens (tertiary/aromatic N) is 1. The summed E-state index contributed by atoms with van der Waals surface area (Å²) in [5.74, 6) is -0.0680. The third-order valence-corrected chi connectivity index (χ3v) is 5.60. The number of hydrogen-bond acceptors (Lipinski definition) is 5. The lowest BCUT2D eigenvalue weighted by atomic mass is 10.1. The van der Waals surface area contributed by atoms with Crippen molar-refractivity contribution in [2.75, 3.05) is 0 Å². The molecule has 0 atom stereocenters. The molecule has 0 unspecified atom stereocenters. The van der Waals surface area contributed by atoms with Gasteiger partial charge in [-0.1, -0.05) is 91.0 Å². The van der Waals surface area contributed by atoms with Crippen molar-refractivity contribution in [1.82, 2.24) is 0 Å². The molecule has 6 nitrogen and oxygen atoms in total. The van der Waals surface area contributed by atoms with Crippen LogP contribution < -0.4 is 14.2 Å². The Kier molecular flexibility index (Phi) is 7.63. The van der Waals surface area contributed by atoms with Crippen molar-refractivity contribution in [3.05, 3.63) is 130 Å². The van der Waals surface area contributed by atoms with Crippen LogP contribution in [0.25, 0.3) is 0 Å². The second-order valence-electron chi connectivity index (χ2n) is 8.12. The van der Waals surface area contributed by atoms with Crippen LogP contribution in [0.2, 0.25) is 0 Å². The van der Waals surface area contributed by atoms with Gasteiger partial charge in [0.15, 0.2) is 5.75 Å². The molecular formula is C29H27NO5. The maximum atomic E-state index is 13.2. The highest BCUT2D eigenvalue weighted by molar-refractivity contribution is 5.88. The van der Waals surface area contributed by atoms with Crippen molar-refractivity contribution in [3.8, 4) is 11.5 Å². The predicted molar refractivity (Wildman–Crippen MR) is 132 cm³/mol. The molecule has 3 aromatic carbocycles. The van der Waals surface area contributed by atoms with Gasteiger partial charge in [-0.3, -0.25) is 0 Å². The lowest BCUT2D eigenvalue weighted by Crippen LogP contribution is -2.40. The van der Waals surface area contributed by atoms with Crippen LogP contribution in [0.4, 0.5) is 0 Å². The number of rotatable bonds is 9. The Bertz CT molecular complexity index is 1280. The summed E-state index contributed by atoms with van der Waals surface area (Å²) in [5, 5.41) is 13.2. The van der Waals surface area contributed by atoms with E-state index in [1.54, 1.807) is 13.8 Å². The number of benzene rings is 3. The minimum absolute atomic E-state index is 0.0601. The molecular weight excluding hydrogens is 442 g/mol. The minimum atomic E-state index is -0.719. The Morgan fingerprint density at radius 2 is 1.11 bits per heavy atom. The molecule has 0 aliphatic carbocycles. The lowest BCUT2D eigenvalue weighted by molar-refractivity contribution is -0.616. The van der Waals surface area contributed by atoms with Crippen LogP contribution in [0, 0.1) is 19.1 Å². The first-order chi connectivity index (χ1) is 17.0. The summed E-state index contributed by atoms with van der Waals surface area (Å²) in [6.45, 7) is 3.84. The Morgan fingerprint density at radius 1 is 0.686 bits per heavy atom. The van der Waals surface area contributed by atoms with E-state index in [9.17, 15) is 10.0 Å². The fourth-order valence-electron chi connectivity index (χ4n) is 3.69. The van der Waals surface area contributed by atoms with Gasteiger partial charge >= 0.3 is 11.7 Å². The summed E-state index contributed by atoms with van der Waals surface area (Å²) in [6.07, 6.45) is 0. The molecule has 0 amide bonds. The molecule has 0 fully saturated rings. The van der Waals surface area contributed by atoms with Gasteiger partial charge in [0.1, 0.15) is 19.8 Å². The van der Waals surface area contributed by atoms with Gasteiger partial charge in [0, 0.05) is 6.92 Å². The quantitative estimate of drug-likeness (QED) is 0.185. The molecule has 1 heterocycles. The third-order valence-electron chi connectivity index (χ3n) is 5.60. The van der Waals surface area contributed by atoms with E-state index < -0.39 is 5.97 Å². The van der Waals surface area contributed by atoms with Gasteiger partial charge < -0.3 is 19.4 Å². The number of ether oxygens (including phenoxy) is 3. The molecule has 0 radical (unpaired) electrons. The molecule has 35 heavy (non-hydrogen) atoms. The van der Waals surface area contributed by atoms with E-state index in [1.165, 1.54) is 0 Å². The van der Waals surface area contributed by atoms with Gasteiger partial charge in [-0.15, -0.1) is 0 Å². The molecule has 0 aliphatic heterocycles. The Morgan fingerprint density at radius 3 is 1.60 bits per heavy atom. The summed E-state index contributed by atoms with van der Waals surface area (Å²) >= 11 is 0. The highest BCUT2D eigenvalue weighted by Crippen LogP contribution is 2.36. The van der Waals surface area contributed by atoms with Gasteiger partial charge in [-0.25, -0.2) is 4.79 Å². The molecule has 0 saturated heterocycles. The number of aromatic nitrogens is 1. The Hall–Kier alpha value is -4.32. The molecule has 6 heteroatoms. The average molecular weight is 470 g/mol. The first-order valence-electron chi connectivity index (χ1n) is 11.4. The topological polar surface area (TPSA) is 71.7 Å². The van der Waals surface area contributed by atoms with E-state index in [4.69, 9.17) is 14.2 Å². The summed E-state index contributed by atoms with van der Waals surface area (Å²) in [7, 11) is 0. The molecule has 0 saturated carbocycles. The van der Waals surface area contributed by atoms with Crippen molar-refractivity contribution < 1.29 is 23.7 Å². The van der Waals surface area contributed by atoms with Crippen LogP contribution in [0.5, 0.6) is 11.5 Å². The fraction of sp³-hybridized carbons (Fsp3) is 0.172. The van der Waals surface area contributed by atoms with E-state index in [0.717, 1.165) is 16.7 Å². The van der Waals surface area contributed by atoms with Crippen LogP contribution in [-0.4, -0.2) is 5.97 Å². The van der Waals surface area contributed by atoms with Crippen LogP contribution in [-0.2, 0) is 24.6 Å². The number of esters is 1. The molecule has 0 aliphatic rings. The van der Waals surface area contributed by atoms with Crippen molar-refractivity contribution in [2.24, 2.45) is 0 Å². The Balaban J connectivity index is 1.65. The highest BCUT2D eigenvalue weighted by atomic mass is 16.5. The van der Waals surface area contributed by atoms with Crippen LogP contribution in [0.15, 0.2) is 91.0 Å². The number of hydrogen-bond donors (Lipinski definition) is 0. The van der Waals surface area contributed by atoms with Gasteiger partial charge in [-0.2, -0.15) is 4.73 Å². The minimum Gasteiger partial charge on any atom is -0.618 e. The van der Waals surface area contributed by atoms with Gasteiger partial charge in [0.2, 0.25) is 11.4 Å². The number of pyridine rings is 1. The van der Waals surface area contributed by atoms with Crippen molar-refractivity contribution in [1.29, 1.82) is 0 Å². The van der Waals surface area contributed by atoms with Gasteiger partial charge in [0.25, 0.3) is 0 Å². The summed E-state index contributed by atoms with van der Waals surface area (Å²) in [5.41, 5.74) is 3.20. The standard InChI is InChI=1S/C29H27NO5/c1-21-26(29(31)35-20-25-16-10-5-11-17-25)30(32)22(2)28(34-19-24-14-8-4-9-15-24)27(21)33-18-23-12-6-3-7-13-23/h3-17H,18-20H2,1-2H3. The molecule has 1 aromatic heterocycles. The normalized spacial score (nSPS) is 10.6. The van der Waals surface area contributed by atoms with Crippen molar-refractivity contribution >= 4 is 5.97 Å². The van der Waals surface area contributed by atoms with E-state index in [0.29, 0.717) is 21.8 Å². The maximum Gasteiger partial charge on any atom is 0.405 e. The first-order valence-corrected chi connectivity index (χ1v) is 11.4. The number of carbonyl (C=O) groups excluding carboxylic acids is 1. The second-order valence-corrected chi connectivity index (χ2v) is 8.12. The second kappa shape index (κ2) is 11.2. The van der Waals surface area contributed by atoms with E-state index in [-0.39, 0.29) is 31.2 Å². The zero-order chi connectivity index (χ0) is 24.6. The van der Waals surface area contributed by atoms with Crippen molar-refractivity contribution in [3.63, 3.8) is 0 Å². The molecule has 4 rings (SSSR count). The SMILES string of the molecule is Cc1c(OCc2ccccc2)c(OCc2ccccc2)c(C)[n+]([O-])c1C(=O)OCc1ccccc1. The summed E-state index contributed by atoms with van der Waals surface area (Å²) < 4.78 is 18.2. The smallest absolute Gasteiger partial charge is 0.405 e. The fourth-order valence-corrected chi connectivity index (χ4v) is 3.69. The Labute approximate surface area is 204 Å². The molecule has 178 valence electrons. The zero-order valence-electron chi connectivity index (χ0n) is 19.8. The van der Waals surface area contributed by atoms with Gasteiger partial charge in [-0.05, 0) is 23.6 Å². The average Bonchev–Trinajstić information content (AvgIpc) is 2.90. The van der Waals surface area contributed by atoms with Crippen molar-refractivity contribution in [2.45, 2.75) is 33.7 Å². The van der Waals surface area contributed by atoms with Crippen LogP contribution in [0.3, 0.4) is 0 Å². The summed E-state index contributed by atoms with van der Waals surface area (Å²) in [4.78, 5) is 13.0. The monoisotopic (exact) mass is 469 g/mol. The number of carbonyl (C=O) groups is 1. The van der Waals surface area contributed by atoms with E-state index in [2.05, 4.69) is 0 Å². The van der Waals surface area contributed by atoms with E-state index in [1.807, 2.05) is 91.0 Å². The molecule has 4 aromatic rings.